The molecule has 2 rings (SSSR count). The molecule has 1 aromatic rings. The van der Waals surface area contributed by atoms with Crippen LogP contribution >= 0.6 is 0 Å². The van der Waals surface area contributed by atoms with Gasteiger partial charge in [0.2, 0.25) is 5.91 Å². The maximum absolute atomic E-state index is 11.3. The van der Waals surface area contributed by atoms with Crippen molar-refractivity contribution in [1.29, 1.82) is 0 Å². The standard InChI is InChI=1S/C13H16N2O4/c14-12(16)11-8-19-5-4-15(11)7-9-2-1-3-10(6-9)13(17)18/h1-3,6,11H,4-5,7-8H2,(H2,14,16)(H,17,18). The van der Waals surface area contributed by atoms with Gasteiger partial charge >= 0.3 is 5.97 Å². The third kappa shape index (κ3) is 3.30. The van der Waals surface area contributed by atoms with Crippen LogP contribution in [0.4, 0.5) is 0 Å². The summed E-state index contributed by atoms with van der Waals surface area (Å²) < 4.78 is 5.24. The smallest absolute Gasteiger partial charge is 0.335 e. The minimum Gasteiger partial charge on any atom is -0.478 e. The summed E-state index contributed by atoms with van der Waals surface area (Å²) in [6.45, 7) is 1.92. The second-order valence-corrected chi connectivity index (χ2v) is 4.47. The van der Waals surface area contributed by atoms with Gasteiger partial charge in [-0.05, 0) is 17.7 Å². The second-order valence-electron chi connectivity index (χ2n) is 4.47. The zero-order chi connectivity index (χ0) is 13.8. The van der Waals surface area contributed by atoms with E-state index in [1.54, 1.807) is 12.1 Å². The number of ether oxygens (including phenoxy) is 1. The number of primary amides is 1. The Morgan fingerprint density at radius 2 is 2.26 bits per heavy atom. The number of amides is 1. The zero-order valence-electron chi connectivity index (χ0n) is 10.4. The van der Waals surface area contributed by atoms with Crippen molar-refractivity contribution in [2.75, 3.05) is 19.8 Å². The van der Waals surface area contributed by atoms with Gasteiger partial charge in [0, 0.05) is 13.1 Å². The van der Waals surface area contributed by atoms with E-state index in [1.165, 1.54) is 6.07 Å². The molecule has 1 aromatic carbocycles. The largest absolute Gasteiger partial charge is 0.478 e. The highest BCUT2D eigenvalue weighted by atomic mass is 16.5. The quantitative estimate of drug-likeness (QED) is 0.802. The normalized spacial score (nSPS) is 20.1. The minimum atomic E-state index is -0.963. The molecule has 0 aromatic heterocycles. The summed E-state index contributed by atoms with van der Waals surface area (Å²) in [6.07, 6.45) is 0. The van der Waals surface area contributed by atoms with Crippen molar-refractivity contribution in [2.45, 2.75) is 12.6 Å². The molecule has 6 heteroatoms. The number of hydrogen-bond donors (Lipinski definition) is 2. The lowest BCUT2D eigenvalue weighted by Crippen LogP contribution is -2.51. The van der Waals surface area contributed by atoms with E-state index in [0.717, 1.165) is 5.56 Å². The summed E-state index contributed by atoms with van der Waals surface area (Å²) in [4.78, 5) is 24.2. The first-order valence-corrected chi connectivity index (χ1v) is 6.01. The molecule has 1 aliphatic rings. The Morgan fingerprint density at radius 1 is 1.47 bits per heavy atom. The summed E-state index contributed by atoms with van der Waals surface area (Å²) >= 11 is 0. The number of carboxylic acid groups (broad SMARTS) is 1. The lowest BCUT2D eigenvalue weighted by molar-refractivity contribution is -0.129. The molecule has 1 unspecified atom stereocenters. The fourth-order valence-electron chi connectivity index (χ4n) is 2.13. The number of benzene rings is 1. The van der Waals surface area contributed by atoms with Crippen LogP contribution in [0.15, 0.2) is 24.3 Å². The van der Waals surface area contributed by atoms with E-state index in [9.17, 15) is 9.59 Å². The Kier molecular flexibility index (Phi) is 4.13. The molecule has 1 atom stereocenters. The van der Waals surface area contributed by atoms with Crippen molar-refractivity contribution in [3.05, 3.63) is 35.4 Å². The third-order valence-electron chi connectivity index (χ3n) is 3.13. The number of aromatic carboxylic acids is 1. The average molecular weight is 264 g/mol. The molecule has 102 valence electrons. The van der Waals surface area contributed by atoms with Crippen molar-refractivity contribution < 1.29 is 19.4 Å². The Morgan fingerprint density at radius 3 is 2.95 bits per heavy atom. The summed E-state index contributed by atoms with van der Waals surface area (Å²) in [5, 5.41) is 8.95. The topological polar surface area (TPSA) is 92.9 Å². The maximum Gasteiger partial charge on any atom is 0.335 e. The van der Waals surface area contributed by atoms with Crippen molar-refractivity contribution in [1.82, 2.24) is 4.90 Å². The SMILES string of the molecule is NC(=O)C1COCCN1Cc1cccc(C(=O)O)c1. The molecule has 3 N–H and O–H groups in total. The number of hydrogen-bond acceptors (Lipinski definition) is 4. The van der Waals surface area contributed by atoms with E-state index in [-0.39, 0.29) is 12.2 Å². The van der Waals surface area contributed by atoms with Gasteiger partial charge in [-0.25, -0.2) is 4.79 Å². The first-order chi connectivity index (χ1) is 9.08. The van der Waals surface area contributed by atoms with Crippen LogP contribution in [0, 0.1) is 0 Å². The molecule has 0 saturated carbocycles. The molecule has 6 nitrogen and oxygen atoms in total. The number of nitrogens with zero attached hydrogens (tertiary/aromatic N) is 1. The number of carbonyl (C=O) groups is 2. The average Bonchev–Trinajstić information content (AvgIpc) is 2.39. The molecule has 1 fully saturated rings. The highest BCUT2D eigenvalue weighted by Crippen LogP contribution is 2.13. The lowest BCUT2D eigenvalue weighted by Gasteiger charge is -2.33. The van der Waals surface area contributed by atoms with E-state index in [2.05, 4.69) is 0 Å². The monoisotopic (exact) mass is 264 g/mol. The highest BCUT2D eigenvalue weighted by molar-refractivity contribution is 5.87. The Balaban J connectivity index is 2.12. The van der Waals surface area contributed by atoms with E-state index in [1.807, 2.05) is 11.0 Å². The van der Waals surface area contributed by atoms with Gasteiger partial charge in [0.15, 0.2) is 0 Å². The van der Waals surface area contributed by atoms with Crippen LogP contribution in [0.2, 0.25) is 0 Å². The lowest BCUT2D eigenvalue weighted by atomic mass is 10.1. The van der Waals surface area contributed by atoms with E-state index < -0.39 is 17.9 Å². The van der Waals surface area contributed by atoms with Crippen molar-refractivity contribution in [3.63, 3.8) is 0 Å². The summed E-state index contributed by atoms with van der Waals surface area (Å²) in [6, 6.07) is 6.22. The van der Waals surface area contributed by atoms with Crippen molar-refractivity contribution in [2.24, 2.45) is 5.73 Å². The van der Waals surface area contributed by atoms with Crippen LogP contribution < -0.4 is 5.73 Å². The summed E-state index contributed by atoms with van der Waals surface area (Å²) in [5.41, 5.74) is 6.41. The van der Waals surface area contributed by atoms with Crippen molar-refractivity contribution >= 4 is 11.9 Å². The van der Waals surface area contributed by atoms with Crippen LogP contribution in [-0.2, 0) is 16.1 Å². The first kappa shape index (κ1) is 13.5. The van der Waals surface area contributed by atoms with Crippen LogP contribution in [-0.4, -0.2) is 47.7 Å². The molecule has 1 saturated heterocycles. The Hall–Kier alpha value is -1.92. The Bertz CT molecular complexity index is 489. The molecule has 1 heterocycles. The number of morpholine rings is 1. The molecule has 19 heavy (non-hydrogen) atoms. The third-order valence-corrected chi connectivity index (χ3v) is 3.13. The number of rotatable bonds is 4. The van der Waals surface area contributed by atoms with Crippen LogP contribution in [0.1, 0.15) is 15.9 Å². The van der Waals surface area contributed by atoms with Gasteiger partial charge in [-0.2, -0.15) is 0 Å². The van der Waals surface area contributed by atoms with Crippen molar-refractivity contribution in [3.8, 4) is 0 Å². The van der Waals surface area contributed by atoms with Crippen LogP contribution in [0.25, 0.3) is 0 Å². The van der Waals surface area contributed by atoms with Crippen LogP contribution in [0.5, 0.6) is 0 Å². The number of carbonyl (C=O) groups excluding carboxylic acids is 1. The van der Waals surface area contributed by atoms with E-state index >= 15 is 0 Å². The minimum absolute atomic E-state index is 0.237. The van der Waals surface area contributed by atoms with E-state index in [0.29, 0.717) is 19.7 Å². The zero-order valence-corrected chi connectivity index (χ0v) is 10.4. The van der Waals surface area contributed by atoms with Gasteiger partial charge in [-0.3, -0.25) is 9.69 Å². The molecule has 0 spiro atoms. The van der Waals surface area contributed by atoms with Gasteiger partial charge in [0.05, 0.1) is 18.8 Å². The molecule has 1 aliphatic heterocycles. The predicted molar refractivity (Wildman–Crippen MR) is 67.6 cm³/mol. The maximum atomic E-state index is 11.3. The van der Waals surface area contributed by atoms with Gasteiger partial charge in [0.1, 0.15) is 6.04 Å². The number of carboxylic acids is 1. The molecule has 0 bridgehead atoms. The molecular weight excluding hydrogens is 248 g/mol. The Labute approximate surface area is 110 Å². The second kappa shape index (κ2) is 5.81. The van der Waals surface area contributed by atoms with Gasteiger partial charge < -0.3 is 15.6 Å². The van der Waals surface area contributed by atoms with Crippen LogP contribution in [0.3, 0.4) is 0 Å². The fraction of sp³-hybridized carbons (Fsp3) is 0.385. The highest BCUT2D eigenvalue weighted by Gasteiger charge is 2.27. The van der Waals surface area contributed by atoms with Gasteiger partial charge in [-0.15, -0.1) is 0 Å². The molecule has 1 amide bonds. The van der Waals surface area contributed by atoms with E-state index in [4.69, 9.17) is 15.6 Å². The summed E-state index contributed by atoms with van der Waals surface area (Å²) in [7, 11) is 0. The molecule has 0 aliphatic carbocycles. The summed E-state index contributed by atoms with van der Waals surface area (Å²) in [5.74, 6) is -1.38. The fourth-order valence-corrected chi connectivity index (χ4v) is 2.13. The van der Waals surface area contributed by atoms with Gasteiger partial charge in [-0.1, -0.05) is 12.1 Å². The molecular formula is C13H16N2O4. The predicted octanol–water partition coefficient (Wildman–Crippen LogP) is 0.0709. The first-order valence-electron chi connectivity index (χ1n) is 6.01. The number of nitrogens with two attached hydrogens (primary N) is 1. The molecule has 0 radical (unpaired) electrons. The van der Waals surface area contributed by atoms with Gasteiger partial charge in [0.25, 0.3) is 0 Å².